The summed E-state index contributed by atoms with van der Waals surface area (Å²) < 4.78 is 5.70. The van der Waals surface area contributed by atoms with Crippen molar-refractivity contribution < 1.29 is 4.74 Å². The Bertz CT molecular complexity index is 550. The second-order valence-electron chi connectivity index (χ2n) is 4.68. The number of anilines is 1. The predicted octanol–water partition coefficient (Wildman–Crippen LogP) is 4.19. The van der Waals surface area contributed by atoms with E-state index in [4.69, 9.17) is 10.5 Å². The topological polar surface area (TPSA) is 35.2 Å². The van der Waals surface area contributed by atoms with E-state index in [9.17, 15) is 0 Å². The number of rotatable bonds is 2. The van der Waals surface area contributed by atoms with Gasteiger partial charge in [0.1, 0.15) is 5.76 Å². The second-order valence-corrected chi connectivity index (χ2v) is 4.68. The molecule has 0 spiro atoms. The van der Waals surface area contributed by atoms with E-state index < -0.39 is 0 Å². The van der Waals surface area contributed by atoms with Gasteiger partial charge in [-0.3, -0.25) is 0 Å². The molecule has 0 bridgehead atoms. The van der Waals surface area contributed by atoms with Crippen LogP contribution in [0.2, 0.25) is 0 Å². The van der Waals surface area contributed by atoms with Crippen LogP contribution in [0.5, 0.6) is 0 Å². The molecular formula is C16H19NO. The molecule has 0 saturated carbocycles. The third kappa shape index (κ3) is 2.83. The highest BCUT2D eigenvalue weighted by Crippen LogP contribution is 2.24. The van der Waals surface area contributed by atoms with Gasteiger partial charge in [-0.15, -0.1) is 0 Å². The Morgan fingerprint density at radius 2 is 2.06 bits per heavy atom. The van der Waals surface area contributed by atoms with Gasteiger partial charge in [-0.25, -0.2) is 0 Å². The molecule has 18 heavy (non-hydrogen) atoms. The number of aryl methyl sites for hydroxylation is 1. The summed E-state index contributed by atoms with van der Waals surface area (Å²) in [6.07, 6.45) is 7.15. The maximum Gasteiger partial charge on any atom is 0.126 e. The van der Waals surface area contributed by atoms with Gasteiger partial charge in [-0.1, -0.05) is 12.1 Å². The summed E-state index contributed by atoms with van der Waals surface area (Å²) in [6, 6.07) is 6.09. The molecule has 1 aliphatic heterocycles. The fourth-order valence-electron chi connectivity index (χ4n) is 1.96. The predicted molar refractivity (Wildman–Crippen MR) is 76.8 cm³/mol. The highest BCUT2D eigenvalue weighted by Gasteiger charge is 2.07. The fourth-order valence-corrected chi connectivity index (χ4v) is 1.96. The Morgan fingerprint density at radius 3 is 2.72 bits per heavy atom. The Kier molecular flexibility index (Phi) is 3.56. The van der Waals surface area contributed by atoms with Crippen LogP contribution in [0.4, 0.5) is 5.69 Å². The van der Waals surface area contributed by atoms with Crippen molar-refractivity contribution in [1.82, 2.24) is 0 Å². The maximum atomic E-state index is 6.01. The third-order valence-electron chi connectivity index (χ3n) is 2.98. The van der Waals surface area contributed by atoms with E-state index in [1.165, 1.54) is 5.56 Å². The summed E-state index contributed by atoms with van der Waals surface area (Å²) in [5.74, 6) is 1.88. The average molecular weight is 241 g/mol. The summed E-state index contributed by atoms with van der Waals surface area (Å²) in [6.45, 7) is 6.06. The van der Waals surface area contributed by atoms with E-state index in [0.717, 1.165) is 34.8 Å². The highest BCUT2D eigenvalue weighted by molar-refractivity contribution is 5.68. The van der Waals surface area contributed by atoms with E-state index in [0.29, 0.717) is 0 Å². The minimum atomic E-state index is 0.804. The van der Waals surface area contributed by atoms with Crippen LogP contribution in [0.15, 0.2) is 47.4 Å². The maximum absolute atomic E-state index is 6.01. The van der Waals surface area contributed by atoms with Crippen molar-refractivity contribution >= 4 is 11.8 Å². The molecule has 0 unspecified atom stereocenters. The number of hydrogen-bond donors (Lipinski definition) is 1. The lowest BCUT2D eigenvalue weighted by molar-refractivity contribution is 0.307. The lowest BCUT2D eigenvalue weighted by atomic mass is 10.1. The molecule has 2 N–H and O–H groups in total. The van der Waals surface area contributed by atoms with Crippen LogP contribution in [0.25, 0.3) is 6.08 Å². The van der Waals surface area contributed by atoms with E-state index in [-0.39, 0.29) is 0 Å². The minimum Gasteiger partial charge on any atom is -0.462 e. The Balaban J connectivity index is 2.25. The zero-order valence-corrected chi connectivity index (χ0v) is 11.2. The van der Waals surface area contributed by atoms with Crippen LogP contribution in [0.1, 0.15) is 31.4 Å². The van der Waals surface area contributed by atoms with E-state index in [1.807, 2.05) is 32.9 Å². The lowest BCUT2D eigenvalue weighted by Gasteiger charge is -2.15. The smallest absolute Gasteiger partial charge is 0.126 e. The van der Waals surface area contributed by atoms with Gasteiger partial charge in [0.25, 0.3) is 0 Å². The number of hydrogen-bond acceptors (Lipinski definition) is 2. The molecule has 1 aromatic carbocycles. The second kappa shape index (κ2) is 5.13. The molecule has 0 atom stereocenters. The van der Waals surface area contributed by atoms with Gasteiger partial charge in [0.2, 0.25) is 0 Å². The van der Waals surface area contributed by atoms with Gasteiger partial charge in [0.05, 0.1) is 5.76 Å². The van der Waals surface area contributed by atoms with Crippen LogP contribution in [-0.2, 0) is 4.74 Å². The summed E-state index contributed by atoms with van der Waals surface area (Å²) in [5.41, 5.74) is 10.1. The summed E-state index contributed by atoms with van der Waals surface area (Å²) in [7, 11) is 0. The van der Waals surface area contributed by atoms with Crippen LogP contribution in [0, 0.1) is 6.92 Å². The Hall–Kier alpha value is -1.96. The molecule has 0 saturated heterocycles. The van der Waals surface area contributed by atoms with E-state index in [1.54, 1.807) is 0 Å². The van der Waals surface area contributed by atoms with Crippen LogP contribution < -0.4 is 5.73 Å². The van der Waals surface area contributed by atoms with Crippen molar-refractivity contribution in [3.8, 4) is 0 Å². The van der Waals surface area contributed by atoms with Gasteiger partial charge in [-0.2, -0.15) is 0 Å². The van der Waals surface area contributed by atoms with E-state index in [2.05, 4.69) is 24.3 Å². The van der Waals surface area contributed by atoms with E-state index >= 15 is 0 Å². The molecule has 2 nitrogen and oxygen atoms in total. The molecule has 2 rings (SSSR count). The molecule has 0 radical (unpaired) electrons. The van der Waals surface area contributed by atoms with Crippen LogP contribution in [0.3, 0.4) is 0 Å². The number of benzene rings is 1. The molecule has 0 amide bonds. The van der Waals surface area contributed by atoms with Crippen LogP contribution in [-0.4, -0.2) is 0 Å². The Morgan fingerprint density at radius 1 is 1.28 bits per heavy atom. The molecule has 94 valence electrons. The molecule has 1 heterocycles. The number of allylic oxidation sites excluding steroid dienone is 4. The lowest BCUT2D eigenvalue weighted by Crippen LogP contribution is -1.97. The van der Waals surface area contributed by atoms with Gasteiger partial charge < -0.3 is 10.5 Å². The average Bonchev–Trinajstić information content (AvgIpc) is 2.32. The summed E-state index contributed by atoms with van der Waals surface area (Å²) >= 11 is 0. The van der Waals surface area contributed by atoms with Crippen molar-refractivity contribution in [2.75, 3.05) is 5.73 Å². The quantitative estimate of drug-likeness (QED) is 0.788. The first-order valence-corrected chi connectivity index (χ1v) is 6.16. The monoisotopic (exact) mass is 241 g/mol. The molecule has 0 fully saturated rings. The van der Waals surface area contributed by atoms with Gasteiger partial charge in [0.15, 0.2) is 0 Å². The van der Waals surface area contributed by atoms with Crippen molar-refractivity contribution in [2.24, 2.45) is 0 Å². The normalized spacial score (nSPS) is 15.8. The molecule has 0 aromatic heterocycles. The molecule has 1 aromatic rings. The van der Waals surface area contributed by atoms with Gasteiger partial charge in [-0.05, 0) is 68.2 Å². The first kappa shape index (κ1) is 12.5. The number of nitrogen functional groups attached to an aromatic ring is 1. The fraction of sp³-hybridized carbons (Fsp3) is 0.250. The zero-order valence-electron chi connectivity index (χ0n) is 11.2. The molecule has 0 aliphatic carbocycles. The largest absolute Gasteiger partial charge is 0.462 e. The highest BCUT2D eigenvalue weighted by atomic mass is 16.5. The molecule has 1 aliphatic rings. The molecule has 2 heteroatoms. The standard InChI is InChI=1S/C16H19NO/c1-11-7-8-14(15(17)9-11)10-12(2)16-6-4-5-13(3)18-16/h5-10H,4,17H2,1-3H3. The summed E-state index contributed by atoms with van der Waals surface area (Å²) in [4.78, 5) is 0. The number of nitrogens with two attached hydrogens (primary N) is 1. The first-order valence-electron chi connectivity index (χ1n) is 6.16. The third-order valence-corrected chi connectivity index (χ3v) is 2.98. The minimum absolute atomic E-state index is 0.804. The van der Waals surface area contributed by atoms with Crippen molar-refractivity contribution in [1.29, 1.82) is 0 Å². The van der Waals surface area contributed by atoms with Gasteiger partial charge in [0, 0.05) is 5.69 Å². The first-order chi connectivity index (χ1) is 8.56. The van der Waals surface area contributed by atoms with Gasteiger partial charge >= 0.3 is 0 Å². The van der Waals surface area contributed by atoms with Crippen molar-refractivity contribution in [3.63, 3.8) is 0 Å². The summed E-state index contributed by atoms with van der Waals surface area (Å²) in [5, 5.41) is 0. The SMILES string of the molecule is CC1=CCC=C(C(C)=Cc2ccc(C)cc2N)O1. The van der Waals surface area contributed by atoms with Crippen LogP contribution >= 0.6 is 0 Å². The van der Waals surface area contributed by atoms with Crippen molar-refractivity contribution in [2.45, 2.75) is 27.2 Å². The zero-order chi connectivity index (χ0) is 13.1. The Labute approximate surface area is 108 Å². The molecular weight excluding hydrogens is 222 g/mol. The number of ether oxygens (including phenoxy) is 1. The van der Waals surface area contributed by atoms with Crippen molar-refractivity contribution in [3.05, 3.63) is 58.6 Å².